The Hall–Kier alpha value is -1.07. The molecule has 1 heterocycles. The third-order valence-corrected chi connectivity index (χ3v) is 3.59. The molecule has 0 amide bonds. The summed E-state index contributed by atoms with van der Waals surface area (Å²) in [6.07, 6.45) is 4.34. The zero-order valence-electron chi connectivity index (χ0n) is 9.90. The standard InChI is InChI=1S/C12H14Cl2N4/c1-18-5-4-16-12(18)7-11(17-15)8-2-3-9(13)10(14)6-8/h2-6,11,17H,7,15H2,1H3. The Morgan fingerprint density at radius 3 is 2.72 bits per heavy atom. The van der Waals surface area contributed by atoms with Crippen LogP contribution in [0.4, 0.5) is 0 Å². The highest BCUT2D eigenvalue weighted by molar-refractivity contribution is 6.42. The van der Waals surface area contributed by atoms with E-state index in [4.69, 9.17) is 29.0 Å². The van der Waals surface area contributed by atoms with E-state index in [1.54, 1.807) is 12.3 Å². The van der Waals surface area contributed by atoms with Crippen molar-refractivity contribution in [1.82, 2.24) is 15.0 Å². The topological polar surface area (TPSA) is 55.9 Å². The second-order valence-electron chi connectivity index (χ2n) is 4.05. The molecule has 0 aliphatic heterocycles. The number of halogens is 2. The maximum absolute atomic E-state index is 6.01. The number of benzene rings is 1. The number of nitrogens with one attached hydrogen (secondary N) is 1. The molecule has 1 unspecified atom stereocenters. The summed E-state index contributed by atoms with van der Waals surface area (Å²) in [7, 11) is 1.95. The van der Waals surface area contributed by atoms with E-state index in [1.807, 2.05) is 29.9 Å². The molecule has 0 spiro atoms. The number of aryl methyl sites for hydroxylation is 1. The van der Waals surface area contributed by atoms with Crippen LogP contribution in [0.5, 0.6) is 0 Å². The Bertz CT molecular complexity index is 539. The SMILES string of the molecule is Cn1ccnc1CC(NN)c1ccc(Cl)c(Cl)c1. The Morgan fingerprint density at radius 1 is 1.39 bits per heavy atom. The lowest BCUT2D eigenvalue weighted by molar-refractivity contribution is 0.530. The predicted octanol–water partition coefficient (Wildman–Crippen LogP) is 2.47. The highest BCUT2D eigenvalue weighted by atomic mass is 35.5. The highest BCUT2D eigenvalue weighted by Crippen LogP contribution is 2.26. The summed E-state index contributed by atoms with van der Waals surface area (Å²) in [5, 5.41) is 1.06. The summed E-state index contributed by atoms with van der Waals surface area (Å²) >= 11 is 11.9. The summed E-state index contributed by atoms with van der Waals surface area (Å²) in [6.45, 7) is 0. The first kappa shape index (κ1) is 13.4. The van der Waals surface area contributed by atoms with Gasteiger partial charge >= 0.3 is 0 Å². The maximum atomic E-state index is 6.01. The first-order valence-corrected chi connectivity index (χ1v) is 6.24. The smallest absolute Gasteiger partial charge is 0.110 e. The van der Waals surface area contributed by atoms with Crippen LogP contribution in [-0.4, -0.2) is 9.55 Å². The lowest BCUT2D eigenvalue weighted by Gasteiger charge is -2.16. The lowest BCUT2D eigenvalue weighted by Crippen LogP contribution is -2.30. The van der Waals surface area contributed by atoms with E-state index >= 15 is 0 Å². The summed E-state index contributed by atoms with van der Waals surface area (Å²) in [4.78, 5) is 4.28. The van der Waals surface area contributed by atoms with E-state index in [0.29, 0.717) is 16.5 Å². The van der Waals surface area contributed by atoms with Gasteiger partial charge in [0.2, 0.25) is 0 Å². The Morgan fingerprint density at radius 2 is 2.17 bits per heavy atom. The van der Waals surface area contributed by atoms with Crippen molar-refractivity contribution in [3.63, 3.8) is 0 Å². The molecule has 2 rings (SSSR count). The lowest BCUT2D eigenvalue weighted by atomic mass is 10.0. The van der Waals surface area contributed by atoms with Gasteiger partial charge in [0.25, 0.3) is 0 Å². The predicted molar refractivity (Wildman–Crippen MR) is 73.4 cm³/mol. The monoisotopic (exact) mass is 284 g/mol. The minimum atomic E-state index is -0.0548. The summed E-state index contributed by atoms with van der Waals surface area (Å²) in [5.74, 6) is 6.54. The van der Waals surface area contributed by atoms with Crippen LogP contribution in [0, 0.1) is 0 Å². The van der Waals surface area contributed by atoms with Gasteiger partial charge in [-0.05, 0) is 17.7 Å². The number of aromatic nitrogens is 2. The van der Waals surface area contributed by atoms with Gasteiger partial charge in [-0.3, -0.25) is 11.3 Å². The quantitative estimate of drug-likeness (QED) is 0.670. The minimum Gasteiger partial charge on any atom is -0.338 e. The normalized spacial score (nSPS) is 12.7. The zero-order valence-corrected chi connectivity index (χ0v) is 11.4. The second kappa shape index (κ2) is 5.71. The van der Waals surface area contributed by atoms with Crippen molar-refractivity contribution in [2.75, 3.05) is 0 Å². The summed E-state index contributed by atoms with van der Waals surface area (Å²) < 4.78 is 1.96. The average molecular weight is 285 g/mol. The van der Waals surface area contributed by atoms with Crippen LogP contribution >= 0.6 is 23.2 Å². The summed E-state index contributed by atoms with van der Waals surface area (Å²) in [5.41, 5.74) is 3.76. The Kier molecular flexibility index (Phi) is 4.24. The van der Waals surface area contributed by atoms with Gasteiger partial charge < -0.3 is 4.57 Å². The van der Waals surface area contributed by atoms with Crippen molar-refractivity contribution in [3.05, 3.63) is 52.0 Å². The molecule has 0 saturated heterocycles. The molecular formula is C12H14Cl2N4. The van der Waals surface area contributed by atoms with E-state index < -0.39 is 0 Å². The molecule has 0 fully saturated rings. The molecule has 0 aliphatic carbocycles. The molecule has 4 nitrogen and oxygen atoms in total. The molecule has 18 heavy (non-hydrogen) atoms. The molecule has 0 saturated carbocycles. The largest absolute Gasteiger partial charge is 0.338 e. The number of nitrogens with two attached hydrogens (primary N) is 1. The third kappa shape index (κ3) is 2.84. The highest BCUT2D eigenvalue weighted by Gasteiger charge is 2.14. The van der Waals surface area contributed by atoms with Crippen LogP contribution in [0.15, 0.2) is 30.6 Å². The van der Waals surface area contributed by atoms with E-state index in [0.717, 1.165) is 11.4 Å². The molecule has 96 valence electrons. The minimum absolute atomic E-state index is 0.0548. The van der Waals surface area contributed by atoms with Gasteiger partial charge in [0.1, 0.15) is 5.82 Å². The number of hydrogen-bond donors (Lipinski definition) is 2. The number of hydrazine groups is 1. The molecule has 0 radical (unpaired) electrons. The number of hydrogen-bond acceptors (Lipinski definition) is 3. The van der Waals surface area contributed by atoms with Crippen LogP contribution in [0.2, 0.25) is 10.0 Å². The van der Waals surface area contributed by atoms with E-state index in [2.05, 4.69) is 10.4 Å². The van der Waals surface area contributed by atoms with Gasteiger partial charge in [0.15, 0.2) is 0 Å². The van der Waals surface area contributed by atoms with Gasteiger partial charge in [-0.1, -0.05) is 29.3 Å². The van der Waals surface area contributed by atoms with Crippen LogP contribution in [-0.2, 0) is 13.5 Å². The van der Waals surface area contributed by atoms with Crippen molar-refractivity contribution in [2.45, 2.75) is 12.5 Å². The van der Waals surface area contributed by atoms with Crippen molar-refractivity contribution < 1.29 is 0 Å². The Balaban J connectivity index is 2.23. The van der Waals surface area contributed by atoms with Crippen molar-refractivity contribution in [2.24, 2.45) is 12.9 Å². The maximum Gasteiger partial charge on any atom is 0.110 e. The van der Waals surface area contributed by atoms with Gasteiger partial charge in [-0.25, -0.2) is 4.98 Å². The average Bonchev–Trinajstić information content (AvgIpc) is 2.75. The fraction of sp³-hybridized carbons (Fsp3) is 0.250. The van der Waals surface area contributed by atoms with Crippen LogP contribution < -0.4 is 11.3 Å². The van der Waals surface area contributed by atoms with Gasteiger partial charge in [0.05, 0.1) is 16.1 Å². The summed E-state index contributed by atoms with van der Waals surface area (Å²) in [6, 6.07) is 5.43. The molecule has 2 aromatic rings. The van der Waals surface area contributed by atoms with Gasteiger partial charge in [-0.15, -0.1) is 0 Å². The first-order valence-electron chi connectivity index (χ1n) is 5.49. The van der Waals surface area contributed by atoms with Crippen molar-refractivity contribution >= 4 is 23.2 Å². The zero-order chi connectivity index (χ0) is 13.1. The number of nitrogens with zero attached hydrogens (tertiary/aromatic N) is 2. The van der Waals surface area contributed by atoms with Crippen molar-refractivity contribution in [3.8, 4) is 0 Å². The van der Waals surface area contributed by atoms with Crippen LogP contribution in [0.1, 0.15) is 17.4 Å². The second-order valence-corrected chi connectivity index (χ2v) is 4.87. The van der Waals surface area contributed by atoms with Crippen LogP contribution in [0.3, 0.4) is 0 Å². The molecular weight excluding hydrogens is 271 g/mol. The fourth-order valence-electron chi connectivity index (χ4n) is 1.78. The number of rotatable bonds is 4. The van der Waals surface area contributed by atoms with E-state index in [-0.39, 0.29) is 6.04 Å². The van der Waals surface area contributed by atoms with Gasteiger partial charge in [-0.2, -0.15) is 0 Å². The molecule has 0 bridgehead atoms. The first-order chi connectivity index (χ1) is 8.61. The van der Waals surface area contributed by atoms with E-state index in [1.165, 1.54) is 0 Å². The molecule has 1 atom stereocenters. The molecule has 0 aliphatic rings. The van der Waals surface area contributed by atoms with Crippen molar-refractivity contribution in [1.29, 1.82) is 0 Å². The molecule has 3 N–H and O–H groups in total. The molecule has 1 aromatic carbocycles. The fourth-order valence-corrected chi connectivity index (χ4v) is 2.08. The third-order valence-electron chi connectivity index (χ3n) is 2.85. The van der Waals surface area contributed by atoms with Crippen LogP contribution in [0.25, 0.3) is 0 Å². The number of imidazole rings is 1. The molecule has 1 aromatic heterocycles. The van der Waals surface area contributed by atoms with Gasteiger partial charge in [0, 0.05) is 25.9 Å². The molecule has 6 heteroatoms. The Labute approximate surface area is 116 Å². The van der Waals surface area contributed by atoms with E-state index in [9.17, 15) is 0 Å².